The van der Waals surface area contributed by atoms with Crippen LogP contribution in [0.1, 0.15) is 0 Å². The van der Waals surface area contributed by atoms with Crippen LogP contribution in [0.5, 0.6) is 0 Å². The van der Waals surface area contributed by atoms with Crippen LogP contribution in [0.25, 0.3) is 0 Å². The van der Waals surface area contributed by atoms with Crippen LogP contribution in [0.2, 0.25) is 0 Å². The molecule has 0 aromatic carbocycles. The molecule has 0 fully saturated rings. The third-order valence-electron chi connectivity index (χ3n) is 3.25. The van der Waals surface area contributed by atoms with Gasteiger partial charge in [0, 0.05) is 11.5 Å². The first-order valence-electron chi connectivity index (χ1n) is 9.98. The molecule has 0 bridgehead atoms. The lowest BCUT2D eigenvalue weighted by atomic mass is 10.6. The van der Waals surface area contributed by atoms with Crippen molar-refractivity contribution in [3.63, 3.8) is 0 Å². The van der Waals surface area contributed by atoms with Gasteiger partial charge in [-0.3, -0.25) is 19.2 Å². The summed E-state index contributed by atoms with van der Waals surface area (Å²) in [5.74, 6) is 0.224. The van der Waals surface area contributed by atoms with E-state index in [0.717, 1.165) is 0 Å². The van der Waals surface area contributed by atoms with E-state index in [2.05, 4.69) is 10.6 Å². The highest BCUT2D eigenvalue weighted by atomic mass is 32.2. The molecular weight excluding hydrogens is 464 g/mol. The van der Waals surface area contributed by atoms with Crippen molar-refractivity contribution in [2.24, 2.45) is 11.5 Å². The lowest BCUT2D eigenvalue weighted by Crippen LogP contribution is -2.34. The molecule has 32 heavy (non-hydrogen) atoms. The zero-order valence-electron chi connectivity index (χ0n) is 18.1. The number of carbonyl (C=O) groups excluding carboxylic acids is 4. The van der Waals surface area contributed by atoms with E-state index in [9.17, 15) is 19.2 Å². The van der Waals surface area contributed by atoms with E-state index < -0.39 is 11.8 Å². The first-order chi connectivity index (χ1) is 15.4. The summed E-state index contributed by atoms with van der Waals surface area (Å²) in [6.07, 6.45) is 0. The minimum absolute atomic E-state index is 0.147. The Balaban J connectivity index is 3.18. The zero-order chi connectivity index (χ0) is 23.9. The van der Waals surface area contributed by atoms with Gasteiger partial charge in [0.05, 0.1) is 77.5 Å². The Morgan fingerprint density at radius 1 is 0.562 bits per heavy atom. The molecule has 0 radical (unpaired) electrons. The third kappa shape index (κ3) is 24.7. The lowest BCUT2D eigenvalue weighted by Gasteiger charge is -2.08. The predicted octanol–water partition coefficient (Wildman–Crippen LogP) is -2.28. The number of nitrogens with two attached hydrogens (primary N) is 2. The van der Waals surface area contributed by atoms with Crippen LogP contribution in [0.4, 0.5) is 0 Å². The summed E-state index contributed by atoms with van der Waals surface area (Å²) in [7, 11) is 0. The van der Waals surface area contributed by atoms with E-state index in [4.69, 9.17) is 30.4 Å². The second kappa shape index (κ2) is 22.6. The monoisotopic (exact) mass is 498 g/mol. The van der Waals surface area contributed by atoms with E-state index in [1.165, 1.54) is 23.5 Å². The van der Waals surface area contributed by atoms with Crippen LogP contribution in [0.15, 0.2) is 0 Å². The largest absolute Gasteiger partial charge is 0.378 e. The Bertz CT molecular complexity index is 497. The van der Waals surface area contributed by atoms with Gasteiger partial charge in [0.25, 0.3) is 0 Å². The second-order valence-corrected chi connectivity index (χ2v) is 8.25. The molecule has 0 aliphatic rings. The molecule has 12 nitrogen and oxygen atoms in total. The van der Waals surface area contributed by atoms with Gasteiger partial charge < -0.3 is 41.0 Å². The van der Waals surface area contributed by atoms with Crippen molar-refractivity contribution in [3.05, 3.63) is 0 Å². The van der Waals surface area contributed by atoms with Gasteiger partial charge in [0.15, 0.2) is 0 Å². The number of primary amides is 2. The van der Waals surface area contributed by atoms with Crippen LogP contribution in [-0.2, 0) is 38.1 Å². The Hall–Kier alpha value is -1.58. The van der Waals surface area contributed by atoms with Crippen molar-refractivity contribution < 1.29 is 38.1 Å². The Morgan fingerprint density at radius 2 is 0.875 bits per heavy atom. The minimum atomic E-state index is -0.569. The van der Waals surface area contributed by atoms with Crippen LogP contribution < -0.4 is 22.1 Å². The topological polar surface area (TPSA) is 181 Å². The number of amides is 4. The SMILES string of the molecule is NC(=O)CNC(=O)CSCCOCCOCCOCCOCCSCC(=O)NCC(N)=O. The highest BCUT2D eigenvalue weighted by Gasteiger charge is 2.03. The van der Waals surface area contributed by atoms with Crippen LogP contribution in [0, 0.1) is 0 Å². The van der Waals surface area contributed by atoms with E-state index in [1.807, 2.05) is 0 Å². The maximum atomic E-state index is 11.3. The number of hydrogen-bond acceptors (Lipinski definition) is 10. The Kier molecular flexibility index (Phi) is 21.5. The molecule has 0 saturated carbocycles. The van der Waals surface area contributed by atoms with Gasteiger partial charge in [0.1, 0.15) is 0 Å². The molecule has 4 amide bonds. The first-order valence-corrected chi connectivity index (χ1v) is 12.3. The van der Waals surface area contributed by atoms with Crippen LogP contribution in [0.3, 0.4) is 0 Å². The number of ether oxygens (including phenoxy) is 4. The highest BCUT2D eigenvalue weighted by Crippen LogP contribution is 1.99. The molecule has 0 atom stereocenters. The Labute approximate surface area is 196 Å². The predicted molar refractivity (Wildman–Crippen MR) is 122 cm³/mol. The highest BCUT2D eigenvalue weighted by molar-refractivity contribution is 8.00. The molecule has 0 heterocycles. The van der Waals surface area contributed by atoms with Gasteiger partial charge in [0.2, 0.25) is 23.6 Å². The number of carbonyl (C=O) groups is 4. The molecule has 14 heteroatoms. The first kappa shape index (κ1) is 30.4. The number of hydrogen-bond donors (Lipinski definition) is 4. The molecule has 0 saturated heterocycles. The lowest BCUT2D eigenvalue weighted by molar-refractivity contribution is -0.123. The average Bonchev–Trinajstić information content (AvgIpc) is 2.75. The normalized spacial score (nSPS) is 10.6. The number of rotatable bonds is 23. The molecule has 0 aromatic heterocycles. The fraction of sp³-hybridized carbons (Fsp3) is 0.778. The minimum Gasteiger partial charge on any atom is -0.378 e. The third-order valence-corrected chi connectivity index (χ3v) is 5.09. The molecule has 0 spiro atoms. The average molecular weight is 499 g/mol. The summed E-state index contributed by atoms with van der Waals surface area (Å²) < 4.78 is 21.5. The molecule has 6 N–H and O–H groups in total. The van der Waals surface area contributed by atoms with Crippen molar-refractivity contribution in [2.45, 2.75) is 0 Å². The summed E-state index contributed by atoms with van der Waals surface area (Å²) in [6, 6.07) is 0. The van der Waals surface area contributed by atoms with Crippen molar-refractivity contribution in [1.82, 2.24) is 10.6 Å². The summed E-state index contributed by atoms with van der Waals surface area (Å²) >= 11 is 2.81. The smallest absolute Gasteiger partial charge is 0.236 e. The summed E-state index contributed by atoms with van der Waals surface area (Å²) in [5.41, 5.74) is 9.86. The molecular formula is C18H34N4O8S2. The summed E-state index contributed by atoms with van der Waals surface area (Å²) in [5, 5.41) is 4.81. The number of nitrogens with one attached hydrogen (secondary N) is 2. The number of thioether (sulfide) groups is 2. The van der Waals surface area contributed by atoms with E-state index in [0.29, 0.717) is 64.4 Å². The molecule has 0 aliphatic carbocycles. The van der Waals surface area contributed by atoms with Crippen LogP contribution in [-0.4, -0.2) is 113 Å². The standard InChI is InChI=1S/C18H34N4O8S2/c19-15(23)11-21-17(25)13-31-9-7-29-5-3-27-1-2-28-4-6-30-8-10-32-14-18(26)22-12-16(20)24/h1-14H2,(H2,19,23)(H2,20,24)(H,21,25)(H,22,26). The summed E-state index contributed by atoms with van der Waals surface area (Å²) in [4.78, 5) is 43.7. The van der Waals surface area contributed by atoms with E-state index in [1.54, 1.807) is 0 Å². The van der Waals surface area contributed by atoms with Crippen molar-refractivity contribution in [1.29, 1.82) is 0 Å². The van der Waals surface area contributed by atoms with Gasteiger partial charge >= 0.3 is 0 Å². The van der Waals surface area contributed by atoms with Gasteiger partial charge in [-0.25, -0.2) is 0 Å². The Morgan fingerprint density at radius 3 is 1.19 bits per heavy atom. The molecule has 186 valence electrons. The van der Waals surface area contributed by atoms with Gasteiger partial charge in [-0.15, -0.1) is 23.5 Å². The van der Waals surface area contributed by atoms with Gasteiger partial charge in [-0.05, 0) is 0 Å². The second-order valence-electron chi connectivity index (χ2n) is 6.04. The molecule has 0 rings (SSSR count). The van der Waals surface area contributed by atoms with Crippen molar-refractivity contribution in [3.8, 4) is 0 Å². The van der Waals surface area contributed by atoms with Gasteiger partial charge in [-0.1, -0.05) is 0 Å². The maximum Gasteiger partial charge on any atom is 0.236 e. The zero-order valence-corrected chi connectivity index (χ0v) is 19.8. The van der Waals surface area contributed by atoms with E-state index >= 15 is 0 Å². The van der Waals surface area contributed by atoms with Gasteiger partial charge in [-0.2, -0.15) is 0 Å². The van der Waals surface area contributed by atoms with Crippen molar-refractivity contribution in [2.75, 3.05) is 89.0 Å². The van der Waals surface area contributed by atoms with Crippen LogP contribution >= 0.6 is 23.5 Å². The molecule has 0 unspecified atom stereocenters. The quantitative estimate of drug-likeness (QED) is 0.112. The molecule has 0 aromatic rings. The fourth-order valence-electron chi connectivity index (χ4n) is 1.80. The summed E-state index contributed by atoms with van der Waals surface area (Å²) in [6.45, 7) is 3.43. The molecule has 0 aliphatic heterocycles. The maximum absolute atomic E-state index is 11.3. The van der Waals surface area contributed by atoms with E-state index in [-0.39, 0.29) is 36.4 Å². The fourth-order valence-corrected chi connectivity index (χ4v) is 3.14. The van der Waals surface area contributed by atoms with Crippen molar-refractivity contribution >= 4 is 47.2 Å².